The zero-order valence-corrected chi connectivity index (χ0v) is 20.3. The molecular weight excluding hydrogens is 472 g/mol. The van der Waals surface area contributed by atoms with Crippen molar-refractivity contribution in [3.63, 3.8) is 0 Å². The number of esters is 1. The van der Waals surface area contributed by atoms with Gasteiger partial charge in [0.2, 0.25) is 0 Å². The molecule has 0 aliphatic rings. The smallest absolute Gasteiger partial charge is 0.337 e. The molecule has 3 aromatic rings. The van der Waals surface area contributed by atoms with E-state index < -0.39 is 16.1 Å². The van der Waals surface area contributed by atoms with Crippen molar-refractivity contribution in [2.45, 2.75) is 25.7 Å². The van der Waals surface area contributed by atoms with Gasteiger partial charge in [0.15, 0.2) is 5.76 Å². The fourth-order valence-electron chi connectivity index (χ4n) is 3.03. The van der Waals surface area contributed by atoms with Gasteiger partial charge in [-0.25, -0.2) is 14.7 Å². The third-order valence-corrected chi connectivity index (χ3v) is 5.36. The Balaban J connectivity index is 0.000000298. The molecule has 0 saturated carbocycles. The standard InChI is InChI=1S/C15H23N3O4S.C9H7NO2/c1-12(6-4-3-5-11-17-23(16,20)21)18-14-9-7-13(8-10-14)15(19)22-2;10-9(11)8-5-6-3-1-2-4-7(6)12-8/h7-10,17-18H,1,3-6,11H2,2H3,(H2,16,20,21);1-5H,(H2,10,11). The van der Waals surface area contributed by atoms with E-state index in [0.717, 1.165) is 42.5 Å². The Kier molecular flexibility index (Phi) is 10.5. The summed E-state index contributed by atoms with van der Waals surface area (Å²) in [6, 6.07) is 16.0. The van der Waals surface area contributed by atoms with Crippen LogP contribution in [0.1, 0.15) is 46.6 Å². The van der Waals surface area contributed by atoms with E-state index in [1.165, 1.54) is 7.11 Å². The topological polar surface area (TPSA) is 167 Å². The quantitative estimate of drug-likeness (QED) is 0.230. The van der Waals surface area contributed by atoms with Gasteiger partial charge in [0.1, 0.15) is 5.58 Å². The Morgan fingerprint density at radius 3 is 2.34 bits per heavy atom. The van der Waals surface area contributed by atoms with Crippen LogP contribution in [0.5, 0.6) is 0 Å². The molecule has 35 heavy (non-hydrogen) atoms. The van der Waals surface area contributed by atoms with Crippen molar-refractivity contribution in [2.24, 2.45) is 10.9 Å². The van der Waals surface area contributed by atoms with Crippen molar-refractivity contribution in [1.82, 2.24) is 4.72 Å². The molecule has 0 aliphatic carbocycles. The number of ether oxygens (including phenoxy) is 1. The van der Waals surface area contributed by atoms with Crippen LogP contribution < -0.4 is 20.9 Å². The van der Waals surface area contributed by atoms with E-state index in [1.807, 2.05) is 18.2 Å². The number of carbonyl (C=O) groups is 2. The summed E-state index contributed by atoms with van der Waals surface area (Å²) in [6.45, 7) is 4.29. The van der Waals surface area contributed by atoms with Gasteiger partial charge in [-0.2, -0.15) is 8.42 Å². The molecule has 2 aromatic carbocycles. The molecule has 3 rings (SSSR count). The number of hydrogen-bond donors (Lipinski definition) is 4. The summed E-state index contributed by atoms with van der Waals surface area (Å²) in [7, 11) is -2.25. The summed E-state index contributed by atoms with van der Waals surface area (Å²) in [5, 5.41) is 8.89. The monoisotopic (exact) mass is 502 g/mol. The van der Waals surface area contributed by atoms with Crippen LogP contribution in [-0.4, -0.2) is 33.9 Å². The molecule has 6 N–H and O–H groups in total. The van der Waals surface area contributed by atoms with E-state index in [-0.39, 0.29) is 11.7 Å². The minimum atomic E-state index is -3.59. The molecule has 1 amide bonds. The van der Waals surface area contributed by atoms with Crippen molar-refractivity contribution in [3.05, 3.63) is 78.2 Å². The van der Waals surface area contributed by atoms with Crippen LogP contribution in [-0.2, 0) is 14.9 Å². The maximum atomic E-state index is 11.3. The third-order valence-electron chi connectivity index (χ3n) is 4.75. The lowest BCUT2D eigenvalue weighted by Crippen LogP contribution is -2.31. The molecule has 11 heteroatoms. The Labute approximate surface area is 204 Å². The number of furan rings is 1. The van der Waals surface area contributed by atoms with Crippen LogP contribution in [0.4, 0.5) is 5.69 Å². The lowest BCUT2D eigenvalue weighted by Gasteiger charge is -2.10. The highest BCUT2D eigenvalue weighted by Crippen LogP contribution is 2.18. The average molecular weight is 503 g/mol. The summed E-state index contributed by atoms with van der Waals surface area (Å²) in [5.41, 5.74) is 7.93. The van der Waals surface area contributed by atoms with Crippen molar-refractivity contribution in [1.29, 1.82) is 0 Å². The number of rotatable bonds is 11. The number of carbonyl (C=O) groups excluding carboxylic acids is 2. The van der Waals surface area contributed by atoms with E-state index in [9.17, 15) is 18.0 Å². The Hall–Kier alpha value is -3.67. The average Bonchev–Trinajstić information content (AvgIpc) is 3.26. The molecule has 0 bridgehead atoms. The minimum absolute atomic E-state index is 0.205. The van der Waals surface area contributed by atoms with Gasteiger partial charge >= 0.3 is 5.97 Å². The SMILES string of the molecule is C=C(CCCCCNS(N)(=O)=O)Nc1ccc(C(=O)OC)cc1.NC(=O)c1cc2ccccc2o1. The van der Waals surface area contributed by atoms with Crippen LogP contribution in [0, 0.1) is 0 Å². The van der Waals surface area contributed by atoms with Crippen molar-refractivity contribution in [2.75, 3.05) is 19.0 Å². The van der Waals surface area contributed by atoms with Crippen LogP contribution in [0.25, 0.3) is 11.0 Å². The second kappa shape index (κ2) is 13.3. The fourth-order valence-corrected chi connectivity index (χ4v) is 3.46. The van der Waals surface area contributed by atoms with E-state index in [4.69, 9.17) is 15.3 Å². The van der Waals surface area contributed by atoms with Gasteiger partial charge < -0.3 is 20.2 Å². The maximum Gasteiger partial charge on any atom is 0.337 e. The number of anilines is 1. The summed E-state index contributed by atoms with van der Waals surface area (Å²) < 4.78 is 33.4. The number of benzene rings is 2. The molecule has 1 heterocycles. The van der Waals surface area contributed by atoms with Gasteiger partial charge in [0.05, 0.1) is 12.7 Å². The van der Waals surface area contributed by atoms with Crippen LogP contribution in [0.15, 0.2) is 71.3 Å². The number of fused-ring (bicyclic) bond motifs is 1. The van der Waals surface area contributed by atoms with Gasteiger partial charge in [-0.05, 0) is 55.7 Å². The van der Waals surface area contributed by atoms with E-state index >= 15 is 0 Å². The minimum Gasteiger partial charge on any atom is -0.465 e. The van der Waals surface area contributed by atoms with Crippen molar-refractivity contribution in [3.8, 4) is 0 Å². The predicted molar refractivity (Wildman–Crippen MR) is 135 cm³/mol. The van der Waals surface area contributed by atoms with Crippen LogP contribution >= 0.6 is 0 Å². The summed E-state index contributed by atoms with van der Waals surface area (Å²) in [4.78, 5) is 22.0. The zero-order chi connectivity index (χ0) is 25.8. The first-order valence-electron chi connectivity index (χ1n) is 10.8. The van der Waals surface area contributed by atoms with E-state index in [2.05, 4.69) is 21.4 Å². The number of hydrogen-bond acceptors (Lipinski definition) is 7. The molecule has 0 unspecified atom stereocenters. The highest BCUT2D eigenvalue weighted by molar-refractivity contribution is 7.87. The predicted octanol–water partition coefficient (Wildman–Crippen LogP) is 3.28. The fraction of sp³-hybridized carbons (Fsp3) is 0.250. The first kappa shape index (κ1) is 27.6. The molecule has 0 aliphatic heterocycles. The molecule has 0 spiro atoms. The Morgan fingerprint density at radius 2 is 1.74 bits per heavy atom. The second-order valence-corrected chi connectivity index (χ2v) is 8.94. The zero-order valence-electron chi connectivity index (χ0n) is 19.5. The number of allylic oxidation sites excluding steroid dienone is 1. The van der Waals surface area contributed by atoms with Crippen LogP contribution in [0.3, 0.4) is 0 Å². The van der Waals surface area contributed by atoms with Gasteiger partial charge in [-0.15, -0.1) is 0 Å². The molecule has 0 atom stereocenters. The summed E-state index contributed by atoms with van der Waals surface area (Å²) in [6.07, 6.45) is 3.24. The first-order valence-corrected chi connectivity index (χ1v) is 12.3. The number of nitrogens with two attached hydrogens (primary N) is 2. The third kappa shape index (κ3) is 10.0. The number of primary amides is 1. The highest BCUT2D eigenvalue weighted by Gasteiger charge is 2.07. The lowest BCUT2D eigenvalue weighted by atomic mass is 10.1. The summed E-state index contributed by atoms with van der Waals surface area (Å²) >= 11 is 0. The summed E-state index contributed by atoms with van der Waals surface area (Å²) in [5.74, 6) is -0.703. The van der Waals surface area contributed by atoms with Crippen molar-refractivity contribution >= 4 is 38.7 Å². The van der Waals surface area contributed by atoms with Gasteiger partial charge in [-0.3, -0.25) is 4.79 Å². The van der Waals surface area contributed by atoms with Gasteiger partial charge in [-0.1, -0.05) is 31.2 Å². The molecule has 1 aromatic heterocycles. The van der Waals surface area contributed by atoms with E-state index in [0.29, 0.717) is 17.7 Å². The number of amides is 1. The molecule has 0 fully saturated rings. The normalized spacial score (nSPS) is 10.8. The molecular formula is C24H30N4O6S. The second-order valence-electron chi connectivity index (χ2n) is 7.56. The maximum absolute atomic E-state index is 11.3. The largest absolute Gasteiger partial charge is 0.465 e. The highest BCUT2D eigenvalue weighted by atomic mass is 32.2. The first-order chi connectivity index (χ1) is 16.6. The molecule has 188 valence electrons. The van der Waals surface area contributed by atoms with E-state index in [1.54, 1.807) is 36.4 Å². The Bertz CT molecular complexity index is 1220. The van der Waals surface area contributed by atoms with Crippen molar-refractivity contribution < 1.29 is 27.2 Å². The molecule has 0 saturated heterocycles. The van der Waals surface area contributed by atoms with Gasteiger partial charge in [0.25, 0.3) is 16.1 Å². The number of methoxy groups -OCH3 is 1. The van der Waals surface area contributed by atoms with Gasteiger partial charge in [0, 0.05) is 23.3 Å². The lowest BCUT2D eigenvalue weighted by molar-refractivity contribution is 0.0600. The molecule has 0 radical (unpaired) electrons. The van der Waals surface area contributed by atoms with Crippen LogP contribution in [0.2, 0.25) is 0 Å². The molecule has 10 nitrogen and oxygen atoms in total. The number of nitrogens with one attached hydrogen (secondary N) is 2. The number of unbranched alkanes of at least 4 members (excludes halogenated alkanes) is 2. The number of para-hydroxylation sites is 1. The Morgan fingerprint density at radius 1 is 1.06 bits per heavy atom.